The first-order valence-electron chi connectivity index (χ1n) is 9.92. The first-order chi connectivity index (χ1) is 15.7. The van der Waals surface area contributed by atoms with Gasteiger partial charge in [-0.3, -0.25) is 0 Å². The molecule has 0 saturated heterocycles. The molecule has 7 nitrogen and oxygen atoms in total. The van der Waals surface area contributed by atoms with Crippen molar-refractivity contribution in [3.63, 3.8) is 0 Å². The van der Waals surface area contributed by atoms with Crippen molar-refractivity contribution in [2.24, 2.45) is 0 Å². The zero-order valence-corrected chi connectivity index (χ0v) is 17.1. The minimum absolute atomic E-state index is 0.0227. The Hall–Kier alpha value is -4.70. The van der Waals surface area contributed by atoms with Gasteiger partial charge in [-0.05, 0) is 41.5 Å². The molecule has 3 aromatic carbocycles. The van der Waals surface area contributed by atoms with E-state index in [1.165, 1.54) is 0 Å². The third-order valence-electron chi connectivity index (χ3n) is 4.46. The lowest BCUT2D eigenvalue weighted by Gasteiger charge is -2.08. The van der Waals surface area contributed by atoms with Gasteiger partial charge in [0.25, 0.3) is 0 Å². The van der Waals surface area contributed by atoms with Crippen LogP contribution in [0.1, 0.15) is 17.0 Å². The van der Waals surface area contributed by atoms with Crippen molar-refractivity contribution in [2.45, 2.75) is 6.61 Å². The summed E-state index contributed by atoms with van der Waals surface area (Å²) in [6.07, 6.45) is 1.69. The Morgan fingerprint density at radius 2 is 1.69 bits per heavy atom. The second kappa shape index (κ2) is 9.87. The van der Waals surface area contributed by atoms with Crippen LogP contribution >= 0.6 is 0 Å². The first kappa shape index (κ1) is 20.6. The second-order valence-corrected chi connectivity index (χ2v) is 6.85. The number of nitrogens with two attached hydrogens (primary N) is 1. The lowest BCUT2D eigenvalue weighted by molar-refractivity contribution is 0.306. The molecule has 0 spiro atoms. The van der Waals surface area contributed by atoms with E-state index in [2.05, 4.69) is 26.3 Å². The molecule has 0 atom stereocenters. The predicted molar refractivity (Wildman–Crippen MR) is 125 cm³/mol. The highest BCUT2D eigenvalue weighted by atomic mass is 16.5. The molecule has 0 amide bonds. The average molecular weight is 420 g/mol. The Balaban J connectivity index is 1.56. The molecule has 7 heteroatoms. The van der Waals surface area contributed by atoms with Crippen LogP contribution in [0.15, 0.2) is 84.9 Å². The maximum atomic E-state index is 9.72. The summed E-state index contributed by atoms with van der Waals surface area (Å²) in [5.74, 6) is 1.17. The van der Waals surface area contributed by atoms with Crippen molar-refractivity contribution in [3.05, 3.63) is 102 Å². The summed E-state index contributed by atoms with van der Waals surface area (Å²) < 4.78 is 5.87. The van der Waals surface area contributed by atoms with Crippen LogP contribution < -0.4 is 15.8 Å². The fourth-order valence-corrected chi connectivity index (χ4v) is 2.97. The Kier molecular flexibility index (Phi) is 6.34. The number of anilines is 3. The Morgan fingerprint density at radius 3 is 2.44 bits per heavy atom. The lowest BCUT2D eigenvalue weighted by Crippen LogP contribution is -2.06. The molecule has 4 rings (SSSR count). The van der Waals surface area contributed by atoms with E-state index in [1.54, 1.807) is 6.08 Å². The van der Waals surface area contributed by atoms with Crippen molar-refractivity contribution in [2.75, 3.05) is 11.1 Å². The van der Waals surface area contributed by atoms with Gasteiger partial charge in [0.1, 0.15) is 18.4 Å². The van der Waals surface area contributed by atoms with Crippen LogP contribution in [-0.4, -0.2) is 15.0 Å². The number of aromatic nitrogens is 3. The summed E-state index contributed by atoms with van der Waals surface area (Å²) in [4.78, 5) is 12.6. The molecule has 1 aromatic heterocycles. The molecule has 156 valence electrons. The summed E-state index contributed by atoms with van der Waals surface area (Å²) in [6.45, 7) is 0.456. The fraction of sp³-hybridized carbons (Fsp3) is 0.0400. The third kappa shape index (κ3) is 5.46. The maximum absolute atomic E-state index is 9.72. The number of nitrogens with one attached hydrogen (secondary N) is 1. The van der Waals surface area contributed by atoms with Crippen LogP contribution in [0, 0.1) is 11.3 Å². The van der Waals surface area contributed by atoms with Crippen LogP contribution in [0.5, 0.6) is 5.75 Å². The molecule has 0 fully saturated rings. The predicted octanol–water partition coefficient (Wildman–Crippen LogP) is 4.84. The number of benzene rings is 3. The molecule has 0 unspecified atom stereocenters. The van der Waals surface area contributed by atoms with E-state index in [-0.39, 0.29) is 23.3 Å². The molecule has 0 aliphatic rings. The molecule has 4 aromatic rings. The molecular formula is C25H20N6O. The third-order valence-corrected chi connectivity index (χ3v) is 4.46. The van der Waals surface area contributed by atoms with Gasteiger partial charge < -0.3 is 15.8 Å². The topological polar surface area (TPSA) is 110 Å². The van der Waals surface area contributed by atoms with Crippen LogP contribution in [0.25, 0.3) is 11.6 Å². The number of hydrogen-bond donors (Lipinski definition) is 2. The molecule has 0 radical (unpaired) electrons. The van der Waals surface area contributed by atoms with Gasteiger partial charge >= 0.3 is 0 Å². The number of nitriles is 1. The average Bonchev–Trinajstić information content (AvgIpc) is 2.82. The highest BCUT2D eigenvalue weighted by Gasteiger charge is 2.10. The highest BCUT2D eigenvalue weighted by Crippen LogP contribution is 2.21. The fourth-order valence-electron chi connectivity index (χ4n) is 2.97. The first-order valence-corrected chi connectivity index (χ1v) is 9.92. The SMILES string of the molecule is N#C/C(=C\c1cccc(OCc2ccccc2)c1)c1nc(N)nc(Nc2ccccc2)n1. The minimum Gasteiger partial charge on any atom is -0.489 e. The van der Waals surface area contributed by atoms with Gasteiger partial charge in [-0.1, -0.05) is 60.7 Å². The quantitative estimate of drug-likeness (QED) is 0.412. The van der Waals surface area contributed by atoms with Gasteiger partial charge in [0, 0.05) is 5.69 Å². The number of ether oxygens (including phenoxy) is 1. The van der Waals surface area contributed by atoms with E-state index in [1.807, 2.05) is 84.9 Å². The van der Waals surface area contributed by atoms with Gasteiger partial charge in [-0.15, -0.1) is 0 Å². The number of para-hydroxylation sites is 1. The Bertz CT molecular complexity index is 1270. The molecule has 3 N–H and O–H groups in total. The minimum atomic E-state index is 0.0227. The van der Waals surface area contributed by atoms with E-state index in [9.17, 15) is 5.26 Å². The largest absolute Gasteiger partial charge is 0.489 e. The van der Waals surface area contributed by atoms with Crippen molar-refractivity contribution >= 4 is 29.2 Å². The Morgan fingerprint density at radius 1 is 0.938 bits per heavy atom. The monoisotopic (exact) mass is 420 g/mol. The van der Waals surface area contributed by atoms with Gasteiger partial charge in [0.05, 0.1) is 5.57 Å². The van der Waals surface area contributed by atoms with Crippen LogP contribution in [-0.2, 0) is 6.61 Å². The number of rotatable bonds is 7. The van der Waals surface area contributed by atoms with Crippen LogP contribution in [0.3, 0.4) is 0 Å². The zero-order chi connectivity index (χ0) is 22.2. The number of hydrogen-bond acceptors (Lipinski definition) is 7. The number of allylic oxidation sites excluding steroid dienone is 1. The molecule has 0 aliphatic carbocycles. The summed E-state index contributed by atoms with van der Waals surface area (Å²) in [5, 5.41) is 12.8. The molecule has 0 bridgehead atoms. The normalized spacial score (nSPS) is 10.9. The maximum Gasteiger partial charge on any atom is 0.232 e. The molecular weight excluding hydrogens is 400 g/mol. The van der Waals surface area contributed by atoms with Gasteiger partial charge in [0.2, 0.25) is 11.9 Å². The van der Waals surface area contributed by atoms with E-state index in [4.69, 9.17) is 10.5 Å². The van der Waals surface area contributed by atoms with Gasteiger partial charge in [0.15, 0.2) is 5.82 Å². The lowest BCUT2D eigenvalue weighted by atomic mass is 10.1. The van der Waals surface area contributed by atoms with Gasteiger partial charge in [-0.25, -0.2) is 0 Å². The van der Waals surface area contributed by atoms with Crippen LogP contribution in [0.2, 0.25) is 0 Å². The summed E-state index contributed by atoms with van der Waals surface area (Å²) >= 11 is 0. The van der Waals surface area contributed by atoms with Gasteiger partial charge in [-0.2, -0.15) is 20.2 Å². The highest BCUT2D eigenvalue weighted by molar-refractivity contribution is 5.87. The number of nitrogen functional groups attached to an aromatic ring is 1. The van der Waals surface area contributed by atoms with Crippen molar-refractivity contribution < 1.29 is 4.74 Å². The smallest absolute Gasteiger partial charge is 0.232 e. The number of nitrogens with zero attached hydrogens (tertiary/aromatic N) is 4. The second-order valence-electron chi connectivity index (χ2n) is 6.85. The Labute approximate surface area is 185 Å². The van der Waals surface area contributed by atoms with E-state index >= 15 is 0 Å². The van der Waals surface area contributed by atoms with Crippen molar-refractivity contribution in [1.29, 1.82) is 5.26 Å². The summed E-state index contributed by atoms with van der Waals surface area (Å²) in [5.41, 5.74) is 8.77. The van der Waals surface area contributed by atoms with Crippen molar-refractivity contribution in [1.82, 2.24) is 15.0 Å². The molecule has 0 saturated carbocycles. The van der Waals surface area contributed by atoms with Crippen LogP contribution in [0.4, 0.5) is 17.6 Å². The molecule has 1 heterocycles. The standard InChI is InChI=1S/C25H20N6O/c26-16-20(23-29-24(27)31-25(30-23)28-21-11-5-2-6-12-21)14-19-10-7-13-22(15-19)32-17-18-8-3-1-4-9-18/h1-15H,17H2,(H3,27,28,29,30,31)/b20-14+. The van der Waals surface area contributed by atoms with E-state index in [0.29, 0.717) is 12.4 Å². The van der Waals surface area contributed by atoms with E-state index < -0.39 is 0 Å². The van der Waals surface area contributed by atoms with E-state index in [0.717, 1.165) is 16.8 Å². The van der Waals surface area contributed by atoms with Crippen molar-refractivity contribution in [3.8, 4) is 11.8 Å². The summed E-state index contributed by atoms with van der Waals surface area (Å²) in [7, 11) is 0. The zero-order valence-electron chi connectivity index (χ0n) is 17.1. The molecule has 32 heavy (non-hydrogen) atoms. The molecule has 0 aliphatic heterocycles. The summed E-state index contributed by atoms with van der Waals surface area (Å²) in [6, 6.07) is 29.0.